The number of furan rings is 1. The van der Waals surface area contributed by atoms with Crippen LogP contribution < -0.4 is 10.1 Å². The molecule has 0 radical (unpaired) electrons. The van der Waals surface area contributed by atoms with Gasteiger partial charge < -0.3 is 23.7 Å². The number of amides is 1. The van der Waals surface area contributed by atoms with E-state index in [9.17, 15) is 9.59 Å². The minimum absolute atomic E-state index is 0.162. The third-order valence-electron chi connectivity index (χ3n) is 4.38. The molecular weight excluding hydrogens is 426 g/mol. The Morgan fingerprint density at radius 3 is 2.77 bits per heavy atom. The van der Waals surface area contributed by atoms with Crippen LogP contribution in [0.4, 0.5) is 5.69 Å². The molecule has 9 nitrogen and oxygen atoms in total. The first kappa shape index (κ1) is 20.4. The van der Waals surface area contributed by atoms with E-state index in [1.54, 1.807) is 31.2 Å². The molecule has 1 aromatic carbocycles. The molecule has 1 N–H and O–H groups in total. The molecule has 0 saturated carbocycles. The van der Waals surface area contributed by atoms with Crippen LogP contribution >= 0.6 is 11.6 Å². The highest BCUT2D eigenvalue weighted by Crippen LogP contribution is 2.28. The predicted octanol–water partition coefficient (Wildman–Crippen LogP) is 4.25. The second-order valence-corrected chi connectivity index (χ2v) is 6.86. The second-order valence-electron chi connectivity index (χ2n) is 6.45. The van der Waals surface area contributed by atoms with Gasteiger partial charge in [0.05, 0.1) is 35.0 Å². The Morgan fingerprint density at radius 2 is 2.06 bits per heavy atom. The first-order valence-electron chi connectivity index (χ1n) is 9.07. The van der Waals surface area contributed by atoms with Gasteiger partial charge in [0.2, 0.25) is 0 Å². The molecular formula is C21H16ClN3O6. The number of methoxy groups -OCH3 is 1. The van der Waals surface area contributed by atoms with Crippen molar-refractivity contribution in [3.05, 3.63) is 58.9 Å². The molecule has 0 aliphatic carbocycles. The highest BCUT2D eigenvalue weighted by molar-refractivity contribution is 6.32. The fourth-order valence-corrected chi connectivity index (χ4v) is 3.21. The molecule has 0 bridgehead atoms. The van der Waals surface area contributed by atoms with E-state index in [2.05, 4.69) is 15.5 Å². The molecule has 0 spiro atoms. The van der Waals surface area contributed by atoms with Crippen molar-refractivity contribution in [3.8, 4) is 17.2 Å². The second kappa shape index (κ2) is 8.49. The van der Waals surface area contributed by atoms with E-state index in [1.807, 2.05) is 0 Å². The number of ether oxygens (including phenoxy) is 2. The topological polar surface area (TPSA) is 117 Å². The fourth-order valence-electron chi connectivity index (χ4n) is 2.96. The Kier molecular flexibility index (Phi) is 5.59. The number of fused-ring (bicyclic) bond motifs is 1. The summed E-state index contributed by atoms with van der Waals surface area (Å²) in [7, 11) is 1.49. The van der Waals surface area contributed by atoms with Gasteiger partial charge in [0.15, 0.2) is 12.4 Å². The number of hydrogen-bond donors (Lipinski definition) is 1. The lowest BCUT2D eigenvalue weighted by Gasteiger charge is -2.09. The average Bonchev–Trinajstić information content (AvgIpc) is 3.42. The molecule has 0 aliphatic rings. The quantitative estimate of drug-likeness (QED) is 0.441. The minimum Gasteiger partial charge on any atom is -0.495 e. The summed E-state index contributed by atoms with van der Waals surface area (Å²) in [5.41, 5.74) is 1.61. The number of hydrogen-bond acceptors (Lipinski definition) is 8. The lowest BCUT2D eigenvalue weighted by molar-refractivity contribution is -0.119. The van der Waals surface area contributed by atoms with Gasteiger partial charge in [0.1, 0.15) is 11.4 Å². The number of aromatic nitrogens is 2. The molecule has 3 heterocycles. The van der Waals surface area contributed by atoms with Gasteiger partial charge in [-0.2, -0.15) is 0 Å². The normalized spacial score (nSPS) is 10.8. The van der Waals surface area contributed by atoms with Crippen LogP contribution in [0.5, 0.6) is 5.75 Å². The lowest BCUT2D eigenvalue weighted by atomic mass is 10.1. The smallest absolute Gasteiger partial charge is 0.339 e. The molecule has 4 aromatic rings. The maximum Gasteiger partial charge on any atom is 0.339 e. The first-order valence-corrected chi connectivity index (χ1v) is 9.45. The van der Waals surface area contributed by atoms with Gasteiger partial charge in [0.25, 0.3) is 11.6 Å². The van der Waals surface area contributed by atoms with Crippen molar-refractivity contribution < 1.29 is 28.0 Å². The van der Waals surface area contributed by atoms with Gasteiger partial charge in [-0.3, -0.25) is 4.79 Å². The number of pyridine rings is 1. The fraction of sp³-hybridized carbons (Fsp3) is 0.143. The third-order valence-corrected chi connectivity index (χ3v) is 4.68. The number of anilines is 1. The van der Waals surface area contributed by atoms with Gasteiger partial charge >= 0.3 is 5.97 Å². The standard InChI is InChI=1S/C21H16ClN3O6/c1-11-19-13(9-15(17-4-3-7-29-17)24-20(19)31-25-11)21(27)30-10-18(26)23-12-5-6-16(28-2)14(22)8-12/h3-9H,10H2,1-2H3,(H,23,26). The number of esters is 1. The van der Waals surface area contributed by atoms with Gasteiger partial charge in [-0.1, -0.05) is 16.8 Å². The highest BCUT2D eigenvalue weighted by Gasteiger charge is 2.22. The molecule has 0 fully saturated rings. The van der Waals surface area contributed by atoms with Crippen molar-refractivity contribution in [2.75, 3.05) is 19.0 Å². The molecule has 0 atom stereocenters. The number of aryl methyl sites for hydroxylation is 1. The summed E-state index contributed by atoms with van der Waals surface area (Å²) in [5, 5.41) is 7.20. The Labute approximate surface area is 180 Å². The SMILES string of the molecule is COc1ccc(NC(=O)COC(=O)c2cc(-c3ccco3)nc3onc(C)c23)cc1Cl. The third kappa shape index (κ3) is 4.22. The lowest BCUT2D eigenvalue weighted by Crippen LogP contribution is -2.21. The van der Waals surface area contributed by atoms with Crippen molar-refractivity contribution in [1.29, 1.82) is 0 Å². The molecule has 0 unspecified atom stereocenters. The van der Waals surface area contributed by atoms with Gasteiger partial charge in [0, 0.05) is 5.69 Å². The maximum atomic E-state index is 12.8. The summed E-state index contributed by atoms with van der Waals surface area (Å²) < 4.78 is 20.8. The molecule has 4 rings (SSSR count). The van der Waals surface area contributed by atoms with Crippen molar-refractivity contribution in [3.63, 3.8) is 0 Å². The van der Waals surface area contributed by atoms with E-state index >= 15 is 0 Å². The van der Waals surface area contributed by atoms with Crippen LogP contribution in [-0.2, 0) is 9.53 Å². The zero-order chi connectivity index (χ0) is 22.0. The number of benzene rings is 1. The molecule has 0 aliphatic heterocycles. The Balaban J connectivity index is 1.51. The van der Waals surface area contributed by atoms with Crippen molar-refractivity contribution in [2.45, 2.75) is 6.92 Å². The van der Waals surface area contributed by atoms with Crippen LogP contribution in [0.3, 0.4) is 0 Å². The number of nitrogens with one attached hydrogen (secondary N) is 1. The van der Waals surface area contributed by atoms with E-state index in [0.29, 0.717) is 39.0 Å². The number of nitrogens with zero attached hydrogens (tertiary/aromatic N) is 2. The van der Waals surface area contributed by atoms with E-state index in [0.717, 1.165) is 0 Å². The average molecular weight is 442 g/mol. The van der Waals surface area contributed by atoms with Crippen molar-refractivity contribution in [1.82, 2.24) is 10.1 Å². The number of rotatable bonds is 6. The minimum atomic E-state index is -0.727. The van der Waals surface area contributed by atoms with E-state index < -0.39 is 18.5 Å². The van der Waals surface area contributed by atoms with E-state index in [-0.39, 0.29) is 11.3 Å². The Bertz CT molecular complexity index is 1270. The Morgan fingerprint density at radius 1 is 1.23 bits per heavy atom. The zero-order valence-corrected chi connectivity index (χ0v) is 17.2. The first-order chi connectivity index (χ1) is 15.0. The van der Waals surface area contributed by atoms with Gasteiger partial charge in [-0.05, 0) is 43.3 Å². The maximum absolute atomic E-state index is 12.8. The van der Waals surface area contributed by atoms with E-state index in [1.165, 1.54) is 25.5 Å². The molecule has 10 heteroatoms. The highest BCUT2D eigenvalue weighted by atomic mass is 35.5. The Hall–Kier alpha value is -3.85. The zero-order valence-electron chi connectivity index (χ0n) is 16.5. The molecule has 3 aromatic heterocycles. The molecule has 0 saturated heterocycles. The van der Waals surface area contributed by atoms with E-state index in [4.69, 9.17) is 30.0 Å². The molecule has 158 valence electrons. The van der Waals surface area contributed by atoms with Crippen LogP contribution in [0, 0.1) is 6.92 Å². The van der Waals surface area contributed by atoms with Crippen LogP contribution in [0.25, 0.3) is 22.6 Å². The number of carbonyl (C=O) groups excluding carboxylic acids is 2. The number of halogens is 1. The molecule has 1 amide bonds. The largest absolute Gasteiger partial charge is 0.495 e. The van der Waals surface area contributed by atoms with Crippen LogP contribution in [-0.4, -0.2) is 35.7 Å². The monoisotopic (exact) mass is 441 g/mol. The predicted molar refractivity (Wildman–Crippen MR) is 111 cm³/mol. The summed E-state index contributed by atoms with van der Waals surface area (Å²) in [6.45, 7) is 1.17. The summed E-state index contributed by atoms with van der Waals surface area (Å²) >= 11 is 6.05. The summed E-state index contributed by atoms with van der Waals surface area (Å²) in [6, 6.07) is 9.66. The van der Waals surface area contributed by atoms with Crippen LogP contribution in [0.1, 0.15) is 16.1 Å². The molecule has 31 heavy (non-hydrogen) atoms. The van der Waals surface area contributed by atoms with Crippen molar-refractivity contribution in [2.24, 2.45) is 0 Å². The van der Waals surface area contributed by atoms with Crippen molar-refractivity contribution >= 4 is 40.3 Å². The van der Waals surface area contributed by atoms with Gasteiger partial charge in [-0.25, -0.2) is 9.78 Å². The van der Waals surface area contributed by atoms with Gasteiger partial charge in [-0.15, -0.1) is 0 Å². The summed E-state index contributed by atoms with van der Waals surface area (Å²) in [6.07, 6.45) is 1.49. The summed E-state index contributed by atoms with van der Waals surface area (Å²) in [4.78, 5) is 29.3. The van der Waals surface area contributed by atoms with Crippen LogP contribution in [0.15, 0.2) is 51.6 Å². The summed E-state index contributed by atoms with van der Waals surface area (Å²) in [5.74, 6) is -0.342. The number of carbonyl (C=O) groups is 2. The van der Waals surface area contributed by atoms with Crippen LogP contribution in [0.2, 0.25) is 5.02 Å².